The first kappa shape index (κ1) is 20.5. The van der Waals surface area contributed by atoms with Crippen molar-refractivity contribution >= 4 is 11.8 Å². The highest BCUT2D eigenvalue weighted by Gasteiger charge is 2.43. The number of likely N-dealkylation sites (N-methyl/N-ethyl adjacent to an activating group) is 1. The molecule has 8 heteroatoms. The molecule has 3 heterocycles. The minimum atomic E-state index is -0.251. The number of aromatic nitrogens is 2. The summed E-state index contributed by atoms with van der Waals surface area (Å²) in [5.41, 5.74) is 1.15. The third kappa shape index (κ3) is 3.97. The highest BCUT2D eigenvalue weighted by molar-refractivity contribution is 5.77. The second-order valence-electron chi connectivity index (χ2n) is 8.09. The molecule has 1 atom stereocenters. The second kappa shape index (κ2) is 8.03. The van der Waals surface area contributed by atoms with Gasteiger partial charge in [-0.05, 0) is 46.2 Å². The van der Waals surface area contributed by atoms with Crippen molar-refractivity contribution in [2.24, 2.45) is 0 Å². The Bertz CT molecular complexity index is 821. The van der Waals surface area contributed by atoms with E-state index in [1.54, 1.807) is 0 Å². The van der Waals surface area contributed by atoms with E-state index in [4.69, 9.17) is 0 Å². The molecule has 2 fully saturated rings. The van der Waals surface area contributed by atoms with Crippen LogP contribution >= 0.6 is 0 Å². The summed E-state index contributed by atoms with van der Waals surface area (Å²) in [5.74, 6) is 0.107. The molecule has 2 aliphatic heterocycles. The van der Waals surface area contributed by atoms with Crippen molar-refractivity contribution in [3.63, 3.8) is 0 Å². The van der Waals surface area contributed by atoms with E-state index in [1.807, 2.05) is 30.6 Å². The normalized spacial score (nSPS) is 23.9. The minimum Gasteiger partial charge on any atom is -0.343 e. The zero-order valence-corrected chi connectivity index (χ0v) is 17.4. The van der Waals surface area contributed by atoms with Crippen LogP contribution < -0.4 is 5.56 Å². The van der Waals surface area contributed by atoms with Crippen molar-refractivity contribution in [3.05, 3.63) is 27.7 Å². The van der Waals surface area contributed by atoms with Crippen molar-refractivity contribution in [2.45, 2.75) is 52.1 Å². The number of amides is 2. The number of carbonyl (C=O) groups excluding carboxylic acids is 2. The first-order valence-corrected chi connectivity index (χ1v) is 10.1. The van der Waals surface area contributed by atoms with E-state index in [1.165, 1.54) is 10.7 Å². The summed E-state index contributed by atoms with van der Waals surface area (Å²) in [6.07, 6.45) is 2.12. The fourth-order valence-corrected chi connectivity index (χ4v) is 4.26. The Morgan fingerprint density at radius 3 is 2.64 bits per heavy atom. The van der Waals surface area contributed by atoms with Crippen molar-refractivity contribution in [1.29, 1.82) is 0 Å². The monoisotopic (exact) mass is 389 g/mol. The summed E-state index contributed by atoms with van der Waals surface area (Å²) < 4.78 is 1.26. The number of aryl methyl sites for hydroxylation is 2. The van der Waals surface area contributed by atoms with Gasteiger partial charge >= 0.3 is 0 Å². The third-order valence-electron chi connectivity index (χ3n) is 6.46. The van der Waals surface area contributed by atoms with E-state index in [-0.39, 0.29) is 29.5 Å². The molecule has 0 unspecified atom stereocenters. The van der Waals surface area contributed by atoms with Gasteiger partial charge in [0.15, 0.2) is 0 Å². The highest BCUT2D eigenvalue weighted by atomic mass is 16.2. The Labute approximate surface area is 166 Å². The lowest BCUT2D eigenvalue weighted by Gasteiger charge is -2.49. The molecular formula is C20H31N5O3. The Hall–Kier alpha value is -2.22. The van der Waals surface area contributed by atoms with Gasteiger partial charge in [0.25, 0.3) is 5.56 Å². The molecule has 1 aromatic heterocycles. The molecule has 3 rings (SSSR count). The lowest BCUT2D eigenvalue weighted by molar-refractivity contribution is -0.137. The highest BCUT2D eigenvalue weighted by Crippen LogP contribution is 2.32. The maximum Gasteiger partial charge on any atom is 0.267 e. The fraction of sp³-hybridized carbons (Fsp3) is 0.700. The molecule has 0 N–H and O–H groups in total. The lowest BCUT2D eigenvalue weighted by atomic mass is 9.86. The van der Waals surface area contributed by atoms with Gasteiger partial charge in [-0.25, -0.2) is 4.68 Å². The van der Waals surface area contributed by atoms with Crippen molar-refractivity contribution in [2.75, 3.05) is 39.8 Å². The summed E-state index contributed by atoms with van der Waals surface area (Å²) in [4.78, 5) is 43.5. The predicted octanol–water partition coefficient (Wildman–Crippen LogP) is 0.405. The van der Waals surface area contributed by atoms with Crippen LogP contribution in [0.3, 0.4) is 0 Å². The van der Waals surface area contributed by atoms with Crippen LogP contribution in [-0.4, -0.2) is 81.6 Å². The number of likely N-dealkylation sites (tertiary alicyclic amines) is 1. The van der Waals surface area contributed by atoms with Crippen molar-refractivity contribution in [3.8, 4) is 0 Å². The smallest absolute Gasteiger partial charge is 0.267 e. The van der Waals surface area contributed by atoms with E-state index >= 15 is 0 Å². The first-order valence-electron chi connectivity index (χ1n) is 10.1. The van der Waals surface area contributed by atoms with Crippen LogP contribution in [0.15, 0.2) is 10.9 Å². The molecule has 2 amide bonds. The van der Waals surface area contributed by atoms with Gasteiger partial charge in [0.1, 0.15) is 6.54 Å². The zero-order chi connectivity index (χ0) is 20.5. The van der Waals surface area contributed by atoms with E-state index in [2.05, 4.69) is 17.0 Å². The Balaban J connectivity index is 1.75. The summed E-state index contributed by atoms with van der Waals surface area (Å²) in [6.45, 7) is 9.07. The largest absolute Gasteiger partial charge is 0.343 e. The molecule has 28 heavy (non-hydrogen) atoms. The van der Waals surface area contributed by atoms with Crippen LogP contribution in [0.2, 0.25) is 0 Å². The Morgan fingerprint density at radius 1 is 1.18 bits per heavy atom. The summed E-state index contributed by atoms with van der Waals surface area (Å²) in [7, 11) is 2.09. The number of nitrogens with zero attached hydrogens (tertiary/aromatic N) is 5. The number of hydrogen-bond donors (Lipinski definition) is 0. The predicted molar refractivity (Wildman–Crippen MR) is 106 cm³/mol. The molecule has 2 saturated heterocycles. The fourth-order valence-electron chi connectivity index (χ4n) is 4.26. The van der Waals surface area contributed by atoms with Crippen molar-refractivity contribution < 1.29 is 9.59 Å². The van der Waals surface area contributed by atoms with E-state index in [9.17, 15) is 14.4 Å². The van der Waals surface area contributed by atoms with Gasteiger partial charge in [0.05, 0.1) is 5.69 Å². The summed E-state index contributed by atoms with van der Waals surface area (Å²) in [5, 5.41) is 4.27. The van der Waals surface area contributed by atoms with E-state index in [0.29, 0.717) is 19.5 Å². The third-order valence-corrected chi connectivity index (χ3v) is 6.46. The summed E-state index contributed by atoms with van der Waals surface area (Å²) in [6, 6.07) is 1.53. The quantitative estimate of drug-likeness (QED) is 0.748. The van der Waals surface area contributed by atoms with Gasteiger partial charge in [0, 0.05) is 50.7 Å². The second-order valence-corrected chi connectivity index (χ2v) is 8.09. The van der Waals surface area contributed by atoms with Crippen LogP contribution in [0, 0.1) is 13.8 Å². The first-order chi connectivity index (χ1) is 13.3. The molecule has 0 saturated carbocycles. The Kier molecular flexibility index (Phi) is 5.88. The zero-order valence-electron chi connectivity index (χ0n) is 17.4. The topological polar surface area (TPSA) is 78.8 Å². The molecule has 8 nitrogen and oxygen atoms in total. The van der Waals surface area contributed by atoms with Crippen molar-refractivity contribution in [1.82, 2.24) is 24.5 Å². The standard InChI is InChI=1S/C20H31N5O3/c1-5-23-9-8-20(7-6-17(23)26)14-24(11-10-22(20)4)19(28)13-25-18(27)12-15(2)16(3)21-25/h12H,5-11,13-14H2,1-4H3/t20-/m1/s1. The van der Waals surface area contributed by atoms with Crippen LogP contribution in [0.25, 0.3) is 0 Å². The van der Waals surface area contributed by atoms with Crippen LogP contribution in [0.1, 0.15) is 37.4 Å². The molecule has 1 spiro atoms. The van der Waals surface area contributed by atoms with E-state index < -0.39 is 0 Å². The molecule has 154 valence electrons. The maximum absolute atomic E-state index is 12.9. The molecule has 0 aliphatic carbocycles. The van der Waals surface area contributed by atoms with Gasteiger partial charge in [-0.3, -0.25) is 19.3 Å². The lowest BCUT2D eigenvalue weighted by Crippen LogP contribution is -2.62. The molecular weight excluding hydrogens is 358 g/mol. The molecule has 0 radical (unpaired) electrons. The van der Waals surface area contributed by atoms with E-state index in [0.717, 1.165) is 43.7 Å². The molecule has 2 aliphatic rings. The van der Waals surface area contributed by atoms with Gasteiger partial charge in [-0.1, -0.05) is 0 Å². The number of piperazine rings is 1. The van der Waals surface area contributed by atoms with Crippen LogP contribution in [-0.2, 0) is 16.1 Å². The number of hydrogen-bond acceptors (Lipinski definition) is 5. The number of rotatable bonds is 3. The minimum absolute atomic E-state index is 0.0419. The average Bonchev–Trinajstić information content (AvgIpc) is 2.81. The molecule has 1 aromatic rings. The van der Waals surface area contributed by atoms with Gasteiger partial charge in [0.2, 0.25) is 11.8 Å². The summed E-state index contributed by atoms with van der Waals surface area (Å²) >= 11 is 0. The Morgan fingerprint density at radius 2 is 1.93 bits per heavy atom. The van der Waals surface area contributed by atoms with Crippen LogP contribution in [0.4, 0.5) is 0 Å². The maximum atomic E-state index is 12.9. The van der Waals surface area contributed by atoms with Gasteiger partial charge < -0.3 is 9.80 Å². The SMILES string of the molecule is CCN1CC[C@]2(CCC1=O)CN(C(=O)Cn1nc(C)c(C)cc1=O)CCN2C. The van der Waals surface area contributed by atoms with Gasteiger partial charge in [-0.15, -0.1) is 0 Å². The molecule has 0 aromatic carbocycles. The molecule has 0 bridgehead atoms. The number of carbonyl (C=O) groups is 2. The average molecular weight is 390 g/mol. The van der Waals surface area contributed by atoms with Gasteiger partial charge in [-0.2, -0.15) is 5.10 Å². The van der Waals surface area contributed by atoms with Crippen LogP contribution in [0.5, 0.6) is 0 Å².